The molecule has 114 valence electrons. The van der Waals surface area contributed by atoms with Crippen LogP contribution in [0.25, 0.3) is 0 Å². The SMILES string of the molecule is COC1(C(=O)C2CCCc3cccnc32)CCC(C)CC1. The van der Waals surface area contributed by atoms with E-state index in [4.69, 9.17) is 4.74 Å². The standard InChI is InChI=1S/C18H25NO2/c1-13-8-10-18(21-2,11-9-13)17(20)15-7-3-5-14-6-4-12-19-16(14)15/h4,6,12-13,15H,3,5,7-11H2,1-2H3. The van der Waals surface area contributed by atoms with Crippen molar-refractivity contribution in [2.75, 3.05) is 7.11 Å². The molecule has 0 amide bonds. The Hall–Kier alpha value is -1.22. The van der Waals surface area contributed by atoms with Crippen molar-refractivity contribution in [2.45, 2.75) is 63.4 Å². The summed E-state index contributed by atoms with van der Waals surface area (Å²) in [5.41, 5.74) is 1.69. The first kappa shape index (κ1) is 14.7. The zero-order valence-corrected chi connectivity index (χ0v) is 13.1. The van der Waals surface area contributed by atoms with Gasteiger partial charge in [0.25, 0.3) is 0 Å². The minimum Gasteiger partial charge on any atom is -0.370 e. The molecule has 21 heavy (non-hydrogen) atoms. The number of hydrogen-bond acceptors (Lipinski definition) is 3. The largest absolute Gasteiger partial charge is 0.370 e. The van der Waals surface area contributed by atoms with Gasteiger partial charge in [-0.2, -0.15) is 0 Å². The monoisotopic (exact) mass is 287 g/mol. The van der Waals surface area contributed by atoms with Gasteiger partial charge in [-0.25, -0.2) is 0 Å². The van der Waals surface area contributed by atoms with E-state index in [9.17, 15) is 4.79 Å². The summed E-state index contributed by atoms with van der Waals surface area (Å²) in [5.74, 6) is 0.915. The molecule has 1 saturated carbocycles. The molecule has 2 aliphatic rings. The molecule has 0 bridgehead atoms. The van der Waals surface area contributed by atoms with Crippen molar-refractivity contribution >= 4 is 5.78 Å². The highest BCUT2D eigenvalue weighted by Crippen LogP contribution is 2.41. The van der Waals surface area contributed by atoms with E-state index in [2.05, 4.69) is 18.0 Å². The van der Waals surface area contributed by atoms with E-state index in [-0.39, 0.29) is 11.7 Å². The predicted octanol–water partition coefficient (Wildman–Crippen LogP) is 3.67. The Kier molecular flexibility index (Phi) is 4.12. The maximum atomic E-state index is 13.2. The second-order valence-corrected chi connectivity index (χ2v) is 6.74. The van der Waals surface area contributed by atoms with E-state index < -0.39 is 5.60 Å². The van der Waals surface area contributed by atoms with Gasteiger partial charge in [-0.3, -0.25) is 9.78 Å². The minimum atomic E-state index is -0.566. The van der Waals surface area contributed by atoms with Crippen LogP contribution >= 0.6 is 0 Å². The molecule has 2 aliphatic carbocycles. The third-order valence-electron chi connectivity index (χ3n) is 5.43. The number of pyridine rings is 1. The first-order valence-electron chi connectivity index (χ1n) is 8.19. The Morgan fingerprint density at radius 2 is 2.10 bits per heavy atom. The number of carbonyl (C=O) groups is 1. The van der Waals surface area contributed by atoms with Gasteiger partial charge in [0.15, 0.2) is 5.78 Å². The molecule has 1 atom stereocenters. The quantitative estimate of drug-likeness (QED) is 0.851. The maximum absolute atomic E-state index is 13.2. The molecule has 0 spiro atoms. The van der Waals surface area contributed by atoms with E-state index in [1.807, 2.05) is 12.3 Å². The lowest BCUT2D eigenvalue weighted by atomic mass is 9.71. The minimum absolute atomic E-state index is 0.0664. The van der Waals surface area contributed by atoms with Crippen LogP contribution in [-0.4, -0.2) is 23.5 Å². The van der Waals surface area contributed by atoms with Crippen LogP contribution in [0.3, 0.4) is 0 Å². The molecule has 3 heteroatoms. The number of Topliss-reactive ketones (excluding diaryl/α,β-unsaturated/α-hetero) is 1. The zero-order valence-electron chi connectivity index (χ0n) is 13.1. The number of ketones is 1. The van der Waals surface area contributed by atoms with Crippen LogP contribution in [0.15, 0.2) is 18.3 Å². The zero-order chi connectivity index (χ0) is 14.9. The average Bonchev–Trinajstić information content (AvgIpc) is 2.55. The van der Waals surface area contributed by atoms with Crippen molar-refractivity contribution in [3.05, 3.63) is 29.6 Å². The first-order chi connectivity index (χ1) is 10.2. The van der Waals surface area contributed by atoms with Crippen molar-refractivity contribution in [2.24, 2.45) is 5.92 Å². The summed E-state index contributed by atoms with van der Waals surface area (Å²) < 4.78 is 5.78. The maximum Gasteiger partial charge on any atom is 0.173 e. The van der Waals surface area contributed by atoms with Crippen molar-refractivity contribution < 1.29 is 9.53 Å². The number of aryl methyl sites for hydroxylation is 1. The summed E-state index contributed by atoms with van der Waals surface area (Å²) in [6, 6.07) is 4.09. The van der Waals surface area contributed by atoms with Crippen molar-refractivity contribution in [1.29, 1.82) is 0 Å². The Morgan fingerprint density at radius 3 is 2.81 bits per heavy atom. The smallest absolute Gasteiger partial charge is 0.173 e. The molecule has 0 saturated heterocycles. The van der Waals surface area contributed by atoms with Gasteiger partial charge in [-0.1, -0.05) is 13.0 Å². The van der Waals surface area contributed by atoms with Gasteiger partial charge in [0.2, 0.25) is 0 Å². The van der Waals surface area contributed by atoms with E-state index >= 15 is 0 Å². The van der Waals surface area contributed by atoms with Gasteiger partial charge in [-0.05, 0) is 62.5 Å². The van der Waals surface area contributed by atoms with E-state index in [0.717, 1.165) is 50.6 Å². The summed E-state index contributed by atoms with van der Waals surface area (Å²) in [5, 5.41) is 0. The van der Waals surface area contributed by atoms with Crippen LogP contribution in [0, 0.1) is 5.92 Å². The lowest BCUT2D eigenvalue weighted by molar-refractivity contribution is -0.148. The molecule has 1 heterocycles. The molecule has 0 radical (unpaired) electrons. The van der Waals surface area contributed by atoms with Crippen LogP contribution < -0.4 is 0 Å². The Bertz CT molecular complexity index is 518. The molecule has 3 nitrogen and oxygen atoms in total. The molecular formula is C18H25NO2. The fraction of sp³-hybridized carbons (Fsp3) is 0.667. The van der Waals surface area contributed by atoms with Crippen LogP contribution in [0.4, 0.5) is 0 Å². The average molecular weight is 287 g/mol. The molecule has 1 aromatic rings. The lowest BCUT2D eigenvalue weighted by Crippen LogP contribution is -2.47. The van der Waals surface area contributed by atoms with Gasteiger partial charge in [-0.15, -0.1) is 0 Å². The van der Waals surface area contributed by atoms with Crippen LogP contribution in [0.2, 0.25) is 0 Å². The third-order valence-corrected chi connectivity index (χ3v) is 5.43. The number of hydrogen-bond donors (Lipinski definition) is 0. The van der Waals surface area contributed by atoms with E-state index in [1.165, 1.54) is 5.56 Å². The fourth-order valence-corrected chi connectivity index (χ4v) is 3.96. The van der Waals surface area contributed by atoms with E-state index in [1.54, 1.807) is 7.11 Å². The molecule has 0 aromatic carbocycles. The number of ether oxygens (including phenoxy) is 1. The summed E-state index contributed by atoms with van der Waals surface area (Å²) in [6.07, 6.45) is 8.75. The van der Waals surface area contributed by atoms with Gasteiger partial charge < -0.3 is 4.74 Å². The van der Waals surface area contributed by atoms with Crippen molar-refractivity contribution in [3.8, 4) is 0 Å². The molecule has 0 aliphatic heterocycles. The third kappa shape index (κ3) is 2.64. The summed E-state index contributed by atoms with van der Waals surface area (Å²) in [7, 11) is 1.70. The normalized spacial score (nSPS) is 32.5. The number of rotatable bonds is 3. The molecule has 1 aromatic heterocycles. The first-order valence-corrected chi connectivity index (χ1v) is 8.19. The highest BCUT2D eigenvalue weighted by Gasteiger charge is 2.45. The molecule has 1 unspecified atom stereocenters. The van der Waals surface area contributed by atoms with Gasteiger partial charge in [0.1, 0.15) is 5.60 Å². The molecular weight excluding hydrogens is 262 g/mol. The van der Waals surface area contributed by atoms with Crippen molar-refractivity contribution in [3.63, 3.8) is 0 Å². The van der Waals surface area contributed by atoms with Crippen molar-refractivity contribution in [1.82, 2.24) is 4.98 Å². The lowest BCUT2D eigenvalue weighted by Gasteiger charge is -2.39. The summed E-state index contributed by atoms with van der Waals surface area (Å²) >= 11 is 0. The number of nitrogens with zero attached hydrogens (tertiary/aromatic N) is 1. The van der Waals surface area contributed by atoms with Gasteiger partial charge >= 0.3 is 0 Å². The molecule has 3 rings (SSSR count). The van der Waals surface area contributed by atoms with Crippen LogP contribution in [-0.2, 0) is 16.0 Å². The van der Waals surface area contributed by atoms with Gasteiger partial charge in [0, 0.05) is 13.3 Å². The number of aromatic nitrogens is 1. The van der Waals surface area contributed by atoms with Crippen LogP contribution in [0.1, 0.15) is 62.6 Å². The van der Waals surface area contributed by atoms with Gasteiger partial charge in [0.05, 0.1) is 11.6 Å². The second kappa shape index (κ2) is 5.88. The highest BCUT2D eigenvalue weighted by molar-refractivity contribution is 5.93. The topological polar surface area (TPSA) is 39.2 Å². The van der Waals surface area contributed by atoms with Crippen LogP contribution in [0.5, 0.6) is 0 Å². The highest BCUT2D eigenvalue weighted by atomic mass is 16.5. The van der Waals surface area contributed by atoms with E-state index in [0.29, 0.717) is 5.92 Å². The number of fused-ring (bicyclic) bond motifs is 1. The summed E-state index contributed by atoms with van der Waals surface area (Å²) in [6.45, 7) is 2.27. The molecule has 0 N–H and O–H groups in total. The second-order valence-electron chi connectivity index (χ2n) is 6.74. The Labute approximate surface area is 127 Å². The number of carbonyl (C=O) groups excluding carboxylic acids is 1. The summed E-state index contributed by atoms with van der Waals surface area (Å²) in [4.78, 5) is 17.7. The fourth-order valence-electron chi connectivity index (χ4n) is 3.96. The number of methoxy groups -OCH3 is 1. The Balaban J connectivity index is 1.88. The Morgan fingerprint density at radius 1 is 1.33 bits per heavy atom. The predicted molar refractivity (Wildman–Crippen MR) is 82.3 cm³/mol. The molecule has 1 fully saturated rings.